The zero-order chi connectivity index (χ0) is 16.4. The largest absolute Gasteiger partial charge is 0.365 e. The van der Waals surface area contributed by atoms with E-state index in [2.05, 4.69) is 26.0 Å². The van der Waals surface area contributed by atoms with E-state index in [0.29, 0.717) is 18.4 Å². The molecule has 3 rings (SSSR count). The van der Waals surface area contributed by atoms with Crippen LogP contribution in [0.25, 0.3) is 0 Å². The van der Waals surface area contributed by atoms with Crippen LogP contribution in [0.1, 0.15) is 35.8 Å². The van der Waals surface area contributed by atoms with Crippen molar-refractivity contribution in [3.63, 3.8) is 0 Å². The summed E-state index contributed by atoms with van der Waals surface area (Å²) in [5.41, 5.74) is 0.168. The number of benzene rings is 1. The molecule has 2 heterocycles. The number of amides is 1. The summed E-state index contributed by atoms with van der Waals surface area (Å²) in [4.78, 5) is 16.8. The monoisotopic (exact) mass is 373 g/mol. The van der Waals surface area contributed by atoms with Gasteiger partial charge in [-0.15, -0.1) is 0 Å². The molecule has 0 unspecified atom stereocenters. The second kappa shape index (κ2) is 6.22. The lowest BCUT2D eigenvalue weighted by Gasteiger charge is -2.31. The zero-order valence-corrected chi connectivity index (χ0v) is 14.2. The Labute approximate surface area is 142 Å². The van der Waals surface area contributed by atoms with Crippen LogP contribution in [0.3, 0.4) is 0 Å². The lowest BCUT2D eigenvalue weighted by molar-refractivity contribution is -0.0768. The summed E-state index contributed by atoms with van der Waals surface area (Å²) < 4.78 is 0.905. The van der Waals surface area contributed by atoms with E-state index in [1.165, 1.54) is 0 Å². The molecule has 0 spiro atoms. The Kier molecular flexibility index (Phi) is 4.28. The summed E-state index contributed by atoms with van der Waals surface area (Å²) in [7, 11) is 0. The van der Waals surface area contributed by atoms with Crippen molar-refractivity contribution in [3.8, 4) is 0 Å². The molecule has 1 amide bonds. The number of carbonyl (C=O) groups excluding carboxylic acids is 1. The van der Waals surface area contributed by atoms with E-state index >= 15 is 0 Å². The SMILES string of the molecule is CCC1=NN(C(=O)c2ccccn2)[C@@](O)(c2ccc(Br)cc2)C1. The van der Waals surface area contributed by atoms with Crippen molar-refractivity contribution < 1.29 is 9.90 Å². The number of carbonyl (C=O) groups is 1. The van der Waals surface area contributed by atoms with E-state index in [9.17, 15) is 9.90 Å². The Morgan fingerprint density at radius 3 is 2.65 bits per heavy atom. The molecule has 0 saturated heterocycles. The molecule has 5 nitrogen and oxygen atoms in total. The molecule has 1 N–H and O–H groups in total. The number of rotatable bonds is 3. The molecule has 1 aliphatic rings. The highest BCUT2D eigenvalue weighted by atomic mass is 79.9. The average Bonchev–Trinajstić information content (AvgIpc) is 2.93. The summed E-state index contributed by atoms with van der Waals surface area (Å²) in [6.45, 7) is 1.95. The third-order valence-corrected chi connectivity index (χ3v) is 4.36. The van der Waals surface area contributed by atoms with Gasteiger partial charge < -0.3 is 5.11 Å². The summed E-state index contributed by atoms with van der Waals surface area (Å²) in [6.07, 6.45) is 2.51. The first-order valence-electron chi connectivity index (χ1n) is 7.35. The first kappa shape index (κ1) is 15.8. The van der Waals surface area contributed by atoms with Crippen LogP contribution in [0.5, 0.6) is 0 Å². The van der Waals surface area contributed by atoms with Crippen LogP contribution in [-0.2, 0) is 5.72 Å². The van der Waals surface area contributed by atoms with Crippen LogP contribution < -0.4 is 0 Å². The van der Waals surface area contributed by atoms with Gasteiger partial charge in [0.2, 0.25) is 0 Å². The fourth-order valence-corrected chi connectivity index (χ4v) is 2.83. The standard InChI is InChI=1S/C17H16BrN3O2/c1-2-14-11-17(23,12-6-8-13(18)9-7-12)21(20-14)16(22)15-5-3-4-10-19-15/h3-10,23H,2,11H2,1H3/t17-/m0/s1. The van der Waals surface area contributed by atoms with E-state index in [1.54, 1.807) is 36.5 Å². The van der Waals surface area contributed by atoms with Crippen molar-refractivity contribution in [2.45, 2.75) is 25.5 Å². The summed E-state index contributed by atoms with van der Waals surface area (Å²) in [5, 5.41) is 16.7. The number of aliphatic hydroxyl groups is 1. The van der Waals surface area contributed by atoms with Gasteiger partial charge in [0.15, 0.2) is 5.72 Å². The zero-order valence-electron chi connectivity index (χ0n) is 12.6. The summed E-state index contributed by atoms with van der Waals surface area (Å²) >= 11 is 3.38. The lowest BCUT2D eigenvalue weighted by Crippen LogP contribution is -2.43. The normalized spacial score (nSPS) is 20.5. The number of hydrazone groups is 1. The van der Waals surface area contributed by atoms with Crippen molar-refractivity contribution in [2.24, 2.45) is 5.10 Å². The van der Waals surface area contributed by atoms with Crippen molar-refractivity contribution in [2.75, 3.05) is 0 Å². The molecule has 0 aliphatic carbocycles. The van der Waals surface area contributed by atoms with Crippen molar-refractivity contribution in [1.82, 2.24) is 9.99 Å². The van der Waals surface area contributed by atoms with Crippen molar-refractivity contribution in [3.05, 3.63) is 64.4 Å². The number of aromatic nitrogens is 1. The van der Waals surface area contributed by atoms with Gasteiger partial charge in [-0.3, -0.25) is 9.78 Å². The van der Waals surface area contributed by atoms with Crippen LogP contribution in [0.2, 0.25) is 0 Å². The minimum Gasteiger partial charge on any atom is -0.365 e. The first-order chi connectivity index (χ1) is 11.0. The number of hydrogen-bond donors (Lipinski definition) is 1. The van der Waals surface area contributed by atoms with Gasteiger partial charge in [-0.2, -0.15) is 10.1 Å². The van der Waals surface area contributed by atoms with E-state index in [4.69, 9.17) is 0 Å². The Bertz CT molecular complexity index is 746. The molecule has 0 fully saturated rings. The van der Waals surface area contributed by atoms with Crippen molar-refractivity contribution in [1.29, 1.82) is 0 Å². The number of halogens is 1. The van der Waals surface area contributed by atoms with Crippen LogP contribution in [0, 0.1) is 0 Å². The van der Waals surface area contributed by atoms with Gasteiger partial charge >= 0.3 is 0 Å². The molecule has 118 valence electrons. The molecule has 1 aliphatic heterocycles. The molecule has 23 heavy (non-hydrogen) atoms. The highest BCUT2D eigenvalue weighted by molar-refractivity contribution is 9.10. The van der Waals surface area contributed by atoms with Gasteiger partial charge in [0.05, 0.1) is 0 Å². The first-order valence-corrected chi connectivity index (χ1v) is 8.14. The maximum atomic E-state index is 12.8. The predicted molar refractivity (Wildman–Crippen MR) is 90.8 cm³/mol. The van der Waals surface area contributed by atoms with Crippen molar-refractivity contribution >= 4 is 27.5 Å². The van der Waals surface area contributed by atoms with Gasteiger partial charge in [-0.1, -0.05) is 41.1 Å². The van der Waals surface area contributed by atoms with Crippen LogP contribution >= 0.6 is 15.9 Å². The third-order valence-electron chi connectivity index (χ3n) is 3.83. The second-order valence-electron chi connectivity index (χ2n) is 5.35. The molecule has 6 heteroatoms. The molecule has 1 aromatic carbocycles. The van der Waals surface area contributed by atoms with E-state index in [-0.39, 0.29) is 5.69 Å². The van der Waals surface area contributed by atoms with Gasteiger partial charge in [0.25, 0.3) is 5.91 Å². The quantitative estimate of drug-likeness (QED) is 0.897. The lowest BCUT2D eigenvalue weighted by atomic mass is 9.96. The van der Waals surface area contributed by atoms with E-state index in [0.717, 1.165) is 15.2 Å². The molecule has 0 saturated carbocycles. The maximum Gasteiger partial charge on any atom is 0.295 e. The molecular weight excluding hydrogens is 358 g/mol. The Balaban J connectivity index is 2.02. The Morgan fingerprint density at radius 2 is 2.04 bits per heavy atom. The van der Waals surface area contributed by atoms with Gasteiger partial charge in [-0.25, -0.2) is 0 Å². The van der Waals surface area contributed by atoms with Crippen LogP contribution in [0.15, 0.2) is 58.2 Å². The Hall–Kier alpha value is -2.05. The minimum atomic E-state index is -1.49. The minimum absolute atomic E-state index is 0.254. The smallest absolute Gasteiger partial charge is 0.295 e. The maximum absolute atomic E-state index is 12.8. The van der Waals surface area contributed by atoms with E-state index < -0.39 is 11.6 Å². The molecule has 0 radical (unpaired) electrons. The fourth-order valence-electron chi connectivity index (χ4n) is 2.57. The highest BCUT2D eigenvalue weighted by Crippen LogP contribution is 2.37. The number of nitrogens with zero attached hydrogens (tertiary/aromatic N) is 3. The van der Waals surface area contributed by atoms with Gasteiger partial charge in [-0.05, 0) is 30.7 Å². The van der Waals surface area contributed by atoms with E-state index in [1.807, 2.05) is 19.1 Å². The van der Waals surface area contributed by atoms with Crippen LogP contribution in [-0.4, -0.2) is 26.7 Å². The highest BCUT2D eigenvalue weighted by Gasteiger charge is 2.45. The van der Waals surface area contributed by atoms with Gasteiger partial charge in [0, 0.05) is 28.4 Å². The number of pyridine rings is 1. The Morgan fingerprint density at radius 1 is 1.30 bits per heavy atom. The topological polar surface area (TPSA) is 65.8 Å². The summed E-state index contributed by atoms with van der Waals surface area (Å²) in [5.74, 6) is -0.417. The molecule has 0 bridgehead atoms. The average molecular weight is 374 g/mol. The second-order valence-corrected chi connectivity index (χ2v) is 6.27. The summed E-state index contributed by atoms with van der Waals surface area (Å²) in [6, 6.07) is 12.3. The van der Waals surface area contributed by atoms with Crippen LogP contribution in [0.4, 0.5) is 0 Å². The molecule has 1 aromatic heterocycles. The number of hydrogen-bond acceptors (Lipinski definition) is 4. The molecular formula is C17H16BrN3O2. The molecule has 1 atom stereocenters. The molecule has 2 aromatic rings. The third kappa shape index (κ3) is 2.92. The van der Waals surface area contributed by atoms with Gasteiger partial charge in [0.1, 0.15) is 5.69 Å². The fraction of sp³-hybridized carbons (Fsp3) is 0.235. The predicted octanol–water partition coefficient (Wildman–Crippen LogP) is 3.30.